The second-order valence-electron chi connectivity index (χ2n) is 8.57. The van der Waals surface area contributed by atoms with Crippen molar-refractivity contribution in [3.05, 3.63) is 35.9 Å². The first-order valence-corrected chi connectivity index (χ1v) is 12.1. The van der Waals surface area contributed by atoms with Gasteiger partial charge in [0.1, 0.15) is 0 Å². The predicted octanol–water partition coefficient (Wildman–Crippen LogP) is 1.64. The lowest BCUT2D eigenvalue weighted by atomic mass is 10.0. The topological polar surface area (TPSA) is 55.4 Å². The third kappa shape index (κ3) is 8.41. The van der Waals surface area contributed by atoms with Gasteiger partial charge in [-0.2, -0.15) is 0 Å². The largest absolute Gasteiger partial charge is 0.379 e. The van der Waals surface area contributed by atoms with E-state index in [0.29, 0.717) is 6.04 Å². The average Bonchev–Trinajstić information content (AvgIpc) is 2.81. The summed E-state index contributed by atoms with van der Waals surface area (Å²) in [4.78, 5) is 12.3. The first-order valence-electron chi connectivity index (χ1n) is 12.1. The van der Waals surface area contributed by atoms with E-state index in [0.717, 1.165) is 97.5 Å². The summed E-state index contributed by atoms with van der Waals surface area (Å²) in [5.41, 5.74) is 1.43. The third-order valence-corrected chi connectivity index (χ3v) is 6.14. The van der Waals surface area contributed by atoms with E-state index in [1.807, 2.05) is 0 Å². The molecule has 0 spiro atoms. The van der Waals surface area contributed by atoms with Crippen molar-refractivity contribution in [2.75, 3.05) is 85.7 Å². The molecule has 1 atom stereocenters. The summed E-state index contributed by atoms with van der Waals surface area (Å²) in [6.07, 6.45) is 2.21. The van der Waals surface area contributed by atoms with Gasteiger partial charge in [0, 0.05) is 71.5 Å². The number of rotatable bonds is 10. The van der Waals surface area contributed by atoms with E-state index < -0.39 is 0 Å². The third-order valence-electron chi connectivity index (χ3n) is 6.14. The van der Waals surface area contributed by atoms with Crippen LogP contribution in [0.15, 0.2) is 35.3 Å². The molecule has 2 saturated heterocycles. The Morgan fingerprint density at radius 2 is 1.84 bits per heavy atom. The van der Waals surface area contributed by atoms with Gasteiger partial charge in [0.15, 0.2) is 5.96 Å². The number of nitrogens with one attached hydrogen (secondary N) is 2. The molecule has 2 heterocycles. The molecule has 2 fully saturated rings. The number of piperazine rings is 1. The molecule has 3 rings (SSSR count). The number of likely N-dealkylation sites (N-methyl/N-ethyl adjacent to an activating group) is 1. The van der Waals surface area contributed by atoms with Gasteiger partial charge in [0.05, 0.1) is 13.2 Å². The van der Waals surface area contributed by atoms with Crippen LogP contribution in [0.3, 0.4) is 0 Å². The van der Waals surface area contributed by atoms with Crippen molar-refractivity contribution in [3.63, 3.8) is 0 Å². The summed E-state index contributed by atoms with van der Waals surface area (Å²) in [5.74, 6) is 0.947. The van der Waals surface area contributed by atoms with E-state index >= 15 is 0 Å². The monoisotopic (exact) mass is 430 g/mol. The standard InChI is InChI=1S/C24H42N6O/c1-3-25-24(26-11-7-13-29-17-19-31-20-18-29)27-12-8-14-30-16-15-28(2)21-23(30)22-9-5-4-6-10-22/h4-6,9-10,23H,3,7-8,11-21H2,1-2H3,(H2,25,26,27). The Hall–Kier alpha value is -1.67. The lowest BCUT2D eigenvalue weighted by Gasteiger charge is -2.40. The Labute approximate surface area is 188 Å². The van der Waals surface area contributed by atoms with E-state index in [1.54, 1.807) is 0 Å². The second kappa shape index (κ2) is 13.7. The number of morpholine rings is 1. The molecule has 1 aromatic carbocycles. The van der Waals surface area contributed by atoms with Crippen LogP contribution in [-0.4, -0.2) is 106 Å². The molecule has 7 nitrogen and oxygen atoms in total. The molecule has 0 radical (unpaired) electrons. The fraction of sp³-hybridized carbons (Fsp3) is 0.708. The van der Waals surface area contributed by atoms with Crippen LogP contribution >= 0.6 is 0 Å². The maximum atomic E-state index is 5.42. The SMILES string of the molecule is CCNC(=NCCCN1CCOCC1)NCCCN1CCN(C)CC1c1ccccc1. The van der Waals surface area contributed by atoms with Crippen molar-refractivity contribution in [2.24, 2.45) is 4.99 Å². The smallest absolute Gasteiger partial charge is 0.191 e. The molecule has 0 amide bonds. The highest BCUT2D eigenvalue weighted by molar-refractivity contribution is 5.79. The lowest BCUT2D eigenvalue weighted by Crippen LogP contribution is -2.47. The zero-order valence-corrected chi connectivity index (χ0v) is 19.6. The van der Waals surface area contributed by atoms with Gasteiger partial charge in [0.25, 0.3) is 0 Å². The summed E-state index contributed by atoms with van der Waals surface area (Å²) in [7, 11) is 2.23. The molecule has 0 saturated carbocycles. The first-order chi connectivity index (χ1) is 15.3. The van der Waals surface area contributed by atoms with Gasteiger partial charge >= 0.3 is 0 Å². The van der Waals surface area contributed by atoms with Crippen LogP contribution in [0.5, 0.6) is 0 Å². The zero-order chi connectivity index (χ0) is 21.7. The molecular formula is C24H42N6O. The maximum Gasteiger partial charge on any atom is 0.191 e. The first kappa shape index (κ1) is 24.0. The Kier molecular flexibility index (Phi) is 10.6. The van der Waals surface area contributed by atoms with E-state index in [1.165, 1.54) is 5.56 Å². The molecule has 0 bridgehead atoms. The van der Waals surface area contributed by atoms with Crippen molar-refractivity contribution in [3.8, 4) is 0 Å². The predicted molar refractivity (Wildman–Crippen MR) is 129 cm³/mol. The molecule has 0 aromatic heterocycles. The minimum absolute atomic E-state index is 0.488. The van der Waals surface area contributed by atoms with Gasteiger partial charge in [0.2, 0.25) is 0 Å². The van der Waals surface area contributed by atoms with Gasteiger partial charge in [-0.25, -0.2) is 0 Å². The Morgan fingerprint density at radius 3 is 2.61 bits per heavy atom. The molecule has 1 aromatic rings. The van der Waals surface area contributed by atoms with Crippen LogP contribution in [0.25, 0.3) is 0 Å². The Morgan fingerprint density at radius 1 is 1.03 bits per heavy atom. The van der Waals surface area contributed by atoms with Crippen molar-refractivity contribution in [2.45, 2.75) is 25.8 Å². The van der Waals surface area contributed by atoms with E-state index in [9.17, 15) is 0 Å². The van der Waals surface area contributed by atoms with Crippen LogP contribution in [0.1, 0.15) is 31.4 Å². The quantitative estimate of drug-likeness (QED) is 0.334. The highest BCUT2D eigenvalue weighted by Gasteiger charge is 2.25. The van der Waals surface area contributed by atoms with Crippen molar-refractivity contribution in [1.82, 2.24) is 25.3 Å². The minimum Gasteiger partial charge on any atom is -0.379 e. The Bertz CT molecular complexity index is 634. The zero-order valence-electron chi connectivity index (χ0n) is 19.6. The van der Waals surface area contributed by atoms with Crippen molar-refractivity contribution in [1.29, 1.82) is 0 Å². The summed E-state index contributed by atoms with van der Waals surface area (Å²) in [6.45, 7) is 14.3. The fourth-order valence-electron chi connectivity index (χ4n) is 4.36. The number of benzene rings is 1. The number of aliphatic imine (C=N–C) groups is 1. The number of hydrogen-bond acceptors (Lipinski definition) is 5. The summed E-state index contributed by atoms with van der Waals surface area (Å²) in [6, 6.07) is 11.4. The van der Waals surface area contributed by atoms with Gasteiger partial charge < -0.3 is 20.3 Å². The maximum absolute atomic E-state index is 5.42. The van der Waals surface area contributed by atoms with Crippen LogP contribution in [0, 0.1) is 0 Å². The van der Waals surface area contributed by atoms with Gasteiger partial charge in [-0.1, -0.05) is 30.3 Å². The van der Waals surface area contributed by atoms with Crippen LogP contribution < -0.4 is 10.6 Å². The second-order valence-corrected chi connectivity index (χ2v) is 8.57. The van der Waals surface area contributed by atoms with E-state index in [4.69, 9.17) is 9.73 Å². The number of guanidine groups is 1. The molecule has 31 heavy (non-hydrogen) atoms. The number of hydrogen-bond donors (Lipinski definition) is 2. The summed E-state index contributed by atoms with van der Waals surface area (Å²) in [5, 5.41) is 6.92. The van der Waals surface area contributed by atoms with Crippen LogP contribution in [-0.2, 0) is 4.74 Å². The number of ether oxygens (including phenoxy) is 1. The molecule has 2 N–H and O–H groups in total. The van der Waals surface area contributed by atoms with Gasteiger partial charge in [-0.05, 0) is 32.4 Å². The van der Waals surface area contributed by atoms with Crippen LogP contribution in [0.4, 0.5) is 0 Å². The van der Waals surface area contributed by atoms with Crippen molar-refractivity contribution < 1.29 is 4.74 Å². The molecule has 174 valence electrons. The highest BCUT2D eigenvalue weighted by atomic mass is 16.5. The molecule has 0 aliphatic carbocycles. The molecular weight excluding hydrogens is 388 g/mol. The number of nitrogens with zero attached hydrogens (tertiary/aromatic N) is 4. The van der Waals surface area contributed by atoms with E-state index in [-0.39, 0.29) is 0 Å². The van der Waals surface area contributed by atoms with Gasteiger partial charge in [-0.3, -0.25) is 14.8 Å². The lowest BCUT2D eigenvalue weighted by molar-refractivity contribution is 0.0377. The van der Waals surface area contributed by atoms with Crippen molar-refractivity contribution >= 4 is 5.96 Å². The molecule has 7 heteroatoms. The summed E-state index contributed by atoms with van der Waals surface area (Å²) < 4.78 is 5.42. The molecule has 1 unspecified atom stereocenters. The Balaban J connectivity index is 1.39. The normalized spacial score (nSPS) is 21.9. The highest BCUT2D eigenvalue weighted by Crippen LogP contribution is 2.24. The van der Waals surface area contributed by atoms with Gasteiger partial charge in [-0.15, -0.1) is 0 Å². The van der Waals surface area contributed by atoms with Crippen LogP contribution in [0.2, 0.25) is 0 Å². The average molecular weight is 431 g/mol. The summed E-state index contributed by atoms with van der Waals surface area (Å²) >= 11 is 0. The fourth-order valence-corrected chi connectivity index (χ4v) is 4.36. The minimum atomic E-state index is 0.488. The molecule has 2 aliphatic rings. The molecule has 2 aliphatic heterocycles. The van der Waals surface area contributed by atoms with E-state index in [2.05, 4.69) is 69.6 Å².